The Morgan fingerprint density at radius 3 is 2.32 bits per heavy atom. The Morgan fingerprint density at radius 1 is 1.20 bits per heavy atom. The van der Waals surface area contributed by atoms with Crippen LogP contribution < -0.4 is 16.8 Å². The molecule has 0 aliphatic carbocycles. The van der Waals surface area contributed by atoms with E-state index in [4.69, 9.17) is 43.9 Å². The maximum absolute atomic E-state index is 12.6. The quantitative estimate of drug-likeness (QED) is 0.0641. The van der Waals surface area contributed by atoms with Crippen LogP contribution in [0.2, 0.25) is 10.0 Å². The number of amides is 1. The summed E-state index contributed by atoms with van der Waals surface area (Å²) in [6.07, 6.45) is 9.16. The van der Waals surface area contributed by atoms with Crippen molar-refractivity contribution in [3.8, 4) is 24.1 Å². The highest BCUT2D eigenvalue weighted by molar-refractivity contribution is 6.35. The first-order chi connectivity index (χ1) is 20.7. The number of alkyl halides is 3. The number of carboxylic acids is 1. The van der Waals surface area contributed by atoms with Crippen molar-refractivity contribution in [1.29, 1.82) is 0 Å². The molecule has 44 heavy (non-hydrogen) atoms. The van der Waals surface area contributed by atoms with Gasteiger partial charge < -0.3 is 21.9 Å². The molecular weight excluding hydrogens is 620 g/mol. The first-order valence-electron chi connectivity index (χ1n) is 13.0. The third-order valence-electron chi connectivity index (χ3n) is 5.39. The number of halogens is 5. The molecule has 0 saturated carbocycles. The number of nitrogens with zero attached hydrogens (tertiary/aromatic N) is 3. The molecular formula is C30H37Cl2F3N6O3. The van der Waals surface area contributed by atoms with Crippen molar-refractivity contribution in [3.05, 3.63) is 75.2 Å². The number of nitrogens with two attached hydrogens (primary N) is 2. The van der Waals surface area contributed by atoms with Crippen LogP contribution in [0.5, 0.6) is 0 Å². The van der Waals surface area contributed by atoms with Gasteiger partial charge in [0.25, 0.3) is 0 Å². The van der Waals surface area contributed by atoms with Gasteiger partial charge in [-0.2, -0.15) is 18.3 Å². The van der Waals surface area contributed by atoms with Gasteiger partial charge in [0.05, 0.1) is 36.1 Å². The minimum Gasteiger partial charge on any atom is -0.481 e. The second-order valence-electron chi connectivity index (χ2n) is 9.16. The van der Waals surface area contributed by atoms with Crippen molar-refractivity contribution in [3.63, 3.8) is 0 Å². The second-order valence-corrected chi connectivity index (χ2v) is 10.0. The highest BCUT2D eigenvalue weighted by Crippen LogP contribution is 2.29. The molecule has 0 radical (unpaired) electrons. The summed E-state index contributed by atoms with van der Waals surface area (Å²) >= 11 is 12.4. The summed E-state index contributed by atoms with van der Waals surface area (Å²) in [6.45, 7) is 6.15. The predicted octanol–water partition coefficient (Wildman–Crippen LogP) is 6.44. The fraction of sp³-hybridized carbons (Fsp3) is 0.333. The lowest BCUT2D eigenvalue weighted by Crippen LogP contribution is -2.23. The number of hydrogen-bond acceptors (Lipinski definition) is 6. The van der Waals surface area contributed by atoms with E-state index in [0.717, 1.165) is 17.3 Å². The zero-order valence-corrected chi connectivity index (χ0v) is 26.1. The maximum atomic E-state index is 12.6. The topological polar surface area (TPSA) is 149 Å². The van der Waals surface area contributed by atoms with Crippen LogP contribution in [-0.2, 0) is 16.1 Å². The molecule has 240 valence electrons. The van der Waals surface area contributed by atoms with Gasteiger partial charge in [0.1, 0.15) is 0 Å². The zero-order valence-electron chi connectivity index (χ0n) is 24.6. The highest BCUT2D eigenvalue weighted by Gasteiger charge is 2.25. The van der Waals surface area contributed by atoms with Gasteiger partial charge >= 0.3 is 12.1 Å². The molecule has 0 bridgehead atoms. The van der Waals surface area contributed by atoms with Crippen LogP contribution in [0.25, 0.3) is 11.3 Å². The van der Waals surface area contributed by atoms with Gasteiger partial charge in [-0.1, -0.05) is 34.9 Å². The van der Waals surface area contributed by atoms with E-state index in [0.29, 0.717) is 52.2 Å². The molecule has 0 aliphatic rings. The zero-order chi connectivity index (χ0) is 33.9. The summed E-state index contributed by atoms with van der Waals surface area (Å²) in [7, 11) is 0. The first-order valence-corrected chi connectivity index (χ1v) is 13.8. The molecule has 1 aromatic heterocycles. The molecule has 1 unspecified atom stereocenters. The average Bonchev–Trinajstić information content (AvgIpc) is 3.34. The van der Waals surface area contributed by atoms with E-state index in [-0.39, 0.29) is 18.9 Å². The van der Waals surface area contributed by atoms with Crippen molar-refractivity contribution in [1.82, 2.24) is 15.1 Å². The van der Waals surface area contributed by atoms with E-state index in [2.05, 4.69) is 28.9 Å². The number of nitrogens with one attached hydrogen (secondary N) is 1. The number of allylic oxidation sites excluding steroid dienone is 5. The summed E-state index contributed by atoms with van der Waals surface area (Å²) < 4.78 is 39.6. The predicted molar refractivity (Wildman–Crippen MR) is 170 cm³/mol. The molecule has 9 nitrogen and oxygen atoms in total. The lowest BCUT2D eigenvalue weighted by Gasteiger charge is -2.19. The maximum Gasteiger partial charge on any atom is 0.392 e. The fourth-order valence-electron chi connectivity index (χ4n) is 3.53. The molecule has 0 saturated heterocycles. The summed E-state index contributed by atoms with van der Waals surface area (Å²) in [6, 6.07) is 6.57. The molecule has 14 heteroatoms. The van der Waals surface area contributed by atoms with Crippen LogP contribution in [0.1, 0.15) is 51.8 Å². The van der Waals surface area contributed by atoms with E-state index >= 15 is 0 Å². The van der Waals surface area contributed by atoms with E-state index in [1.807, 2.05) is 26.0 Å². The van der Waals surface area contributed by atoms with Gasteiger partial charge in [0.2, 0.25) is 6.41 Å². The van der Waals surface area contributed by atoms with Crippen molar-refractivity contribution in [2.24, 2.45) is 16.5 Å². The van der Waals surface area contributed by atoms with Crippen molar-refractivity contribution in [2.45, 2.75) is 58.8 Å². The summed E-state index contributed by atoms with van der Waals surface area (Å²) in [5.74, 6) is -0.860. The Morgan fingerprint density at radius 2 is 1.80 bits per heavy atom. The normalized spacial score (nSPS) is 12.9. The fourth-order valence-corrected chi connectivity index (χ4v) is 4.05. The number of benzene rings is 1. The van der Waals surface area contributed by atoms with Gasteiger partial charge in [-0.25, -0.2) is 0 Å². The molecule has 1 aromatic carbocycles. The molecule has 0 fully saturated rings. The second kappa shape index (κ2) is 20.7. The van der Waals surface area contributed by atoms with Gasteiger partial charge in [-0.05, 0) is 63.6 Å². The number of carboxylic acid groups (broad SMARTS) is 1. The Bertz CT molecular complexity index is 1340. The van der Waals surface area contributed by atoms with E-state index in [1.54, 1.807) is 36.0 Å². The van der Waals surface area contributed by atoms with Crippen LogP contribution in [0.15, 0.2) is 64.5 Å². The molecule has 2 aromatic rings. The molecule has 2 rings (SSSR count). The average molecular weight is 658 g/mol. The van der Waals surface area contributed by atoms with Crippen LogP contribution in [0.3, 0.4) is 0 Å². The van der Waals surface area contributed by atoms with Crippen LogP contribution >= 0.6 is 23.2 Å². The summed E-state index contributed by atoms with van der Waals surface area (Å²) in [5.41, 5.74) is 13.8. The molecule has 1 heterocycles. The Hall–Kier alpha value is -4.21. The summed E-state index contributed by atoms with van der Waals surface area (Å²) in [4.78, 5) is 23.4. The van der Waals surface area contributed by atoms with Crippen molar-refractivity contribution >= 4 is 41.8 Å². The van der Waals surface area contributed by atoms with Gasteiger partial charge in [-0.15, -0.1) is 12.8 Å². The van der Waals surface area contributed by atoms with Gasteiger partial charge in [0.15, 0.2) is 0 Å². The van der Waals surface area contributed by atoms with Crippen molar-refractivity contribution < 1.29 is 27.9 Å². The number of rotatable bonds is 13. The van der Waals surface area contributed by atoms with Gasteiger partial charge in [-0.3, -0.25) is 19.3 Å². The van der Waals surface area contributed by atoms with Crippen LogP contribution in [0, 0.1) is 12.8 Å². The molecule has 0 spiro atoms. The van der Waals surface area contributed by atoms with E-state index in [9.17, 15) is 18.0 Å². The number of hydrogen-bond donors (Lipinski definition) is 4. The molecule has 1 atom stereocenters. The van der Waals surface area contributed by atoms with Gasteiger partial charge in [0, 0.05) is 40.5 Å². The largest absolute Gasteiger partial charge is 0.481 e. The first kappa shape index (κ1) is 39.8. The number of carbonyl (C=O) groups is 2. The number of aliphatic imine (C=N–C) groups is 1. The Labute approximate surface area is 265 Å². The lowest BCUT2D eigenvalue weighted by atomic mass is 10.1. The van der Waals surface area contributed by atoms with E-state index in [1.165, 1.54) is 6.08 Å². The van der Waals surface area contributed by atoms with Crippen LogP contribution in [0.4, 0.5) is 13.2 Å². The number of carbonyl (C=O) groups excluding carboxylic acids is 1. The highest BCUT2D eigenvalue weighted by atomic mass is 35.5. The number of primary amides is 1. The Kier molecular flexibility index (Phi) is 18.7. The number of terminal acetylenes is 1. The smallest absolute Gasteiger partial charge is 0.392 e. The third kappa shape index (κ3) is 16.4. The SMILES string of the molecule is C#C.C/C(N)=C(\C=C/CC(F)(F)F)NC(C)c1cc(-c2cc(Cl)cc(Cl)c2)nn1C/C(C)=C/C=NCCCC(=O)O.NC=O. The molecule has 6 N–H and O–H groups in total. The third-order valence-corrected chi connectivity index (χ3v) is 5.82. The lowest BCUT2D eigenvalue weighted by molar-refractivity contribution is -0.137. The van der Waals surface area contributed by atoms with E-state index < -0.39 is 18.6 Å². The van der Waals surface area contributed by atoms with Crippen LogP contribution in [-0.4, -0.2) is 46.2 Å². The van der Waals surface area contributed by atoms with Crippen molar-refractivity contribution in [2.75, 3.05) is 6.54 Å². The number of aromatic nitrogens is 2. The minimum absolute atomic E-state index is 0.0575. The monoisotopic (exact) mass is 656 g/mol. The molecule has 1 amide bonds. The summed E-state index contributed by atoms with van der Waals surface area (Å²) in [5, 5.41) is 17.6. The standard InChI is InChI=1S/C27H32Cl2F3N5O2.C2H2.CH3NO/c1-17(8-11-34-10-5-7-26(38)39)16-37-25(15-24(36-37)20-12-21(28)14-22(29)13-20)19(3)35-23(18(2)33)6-4-9-27(30,31)32;1-2;2-1-3/h4,6,8,11-15,19,35H,5,7,9-10,16,33H2,1-3H3,(H,38,39);1-2H;1H,(H2,2,3)/b6-4-,17-8+,23-18-,34-11?;;. The minimum atomic E-state index is -4.31. The molecule has 0 aliphatic heterocycles. The Balaban J connectivity index is 0.00000347. The number of aliphatic carboxylic acids is 1.